The van der Waals surface area contributed by atoms with E-state index in [1.807, 2.05) is 30.3 Å². The van der Waals surface area contributed by atoms with Gasteiger partial charge in [-0.25, -0.2) is 0 Å². The minimum atomic E-state index is -1.08. The number of carboxylic acids is 1. The minimum Gasteiger partial charge on any atom is -0.480 e. The maximum absolute atomic E-state index is 13.0. The van der Waals surface area contributed by atoms with Crippen LogP contribution in [0.2, 0.25) is 0 Å². The monoisotopic (exact) mass is 411 g/mol. The molecule has 148 valence electrons. The lowest BCUT2D eigenvalue weighted by atomic mass is 10.1. The first kappa shape index (κ1) is 20.1. The number of aliphatic carboxylic acids is 1. The molecule has 0 atom stereocenters. The first-order valence-corrected chi connectivity index (χ1v) is 8.96. The van der Waals surface area contributed by atoms with Crippen LogP contribution in [0.1, 0.15) is 15.9 Å². The third-order valence-corrected chi connectivity index (χ3v) is 4.37. The molecule has 0 fully saturated rings. The number of aromatic nitrogens is 1. The second-order valence-electron chi connectivity index (χ2n) is 6.26. The van der Waals surface area contributed by atoms with Crippen molar-refractivity contribution in [1.82, 2.24) is 9.88 Å². The zero-order chi connectivity index (χ0) is 20.8. The number of hydrogen-bond acceptors (Lipinski definition) is 4. The molecule has 0 radical (unpaired) electrons. The van der Waals surface area contributed by atoms with Crippen LogP contribution in [0.3, 0.4) is 0 Å². The summed E-state index contributed by atoms with van der Waals surface area (Å²) in [6.07, 6.45) is 3.16. The van der Waals surface area contributed by atoms with Crippen LogP contribution >= 0.6 is 11.8 Å². The first-order valence-electron chi connectivity index (χ1n) is 8.62. The van der Waals surface area contributed by atoms with Crippen molar-refractivity contribution in [2.75, 3.05) is 11.9 Å². The van der Waals surface area contributed by atoms with Crippen LogP contribution < -0.4 is 11.1 Å². The Morgan fingerprint density at radius 3 is 2.62 bits per heavy atom. The Kier molecular flexibility index (Phi) is 6.25. The third kappa shape index (κ3) is 4.99. The molecule has 0 saturated carbocycles. The molecule has 0 aliphatic carbocycles. The Labute approximate surface area is 171 Å². The minimum absolute atomic E-state index is 0.0108. The molecule has 0 aliphatic heterocycles. The number of nitrogens with two attached hydrogens (primary N) is 1. The van der Waals surface area contributed by atoms with Gasteiger partial charge in [-0.1, -0.05) is 36.4 Å². The van der Waals surface area contributed by atoms with E-state index in [0.717, 1.165) is 10.9 Å². The Morgan fingerprint density at radius 1 is 1.17 bits per heavy atom. The van der Waals surface area contributed by atoms with Crippen molar-refractivity contribution < 1.29 is 14.7 Å². The lowest BCUT2D eigenvalue weighted by molar-refractivity contribution is -0.137. The number of anilines is 1. The van der Waals surface area contributed by atoms with Crippen LogP contribution in [0.5, 0.6) is 0 Å². The highest BCUT2D eigenvalue weighted by Gasteiger charge is 2.19. The fraction of sp³-hybridized carbons (Fsp3) is 0.100. The van der Waals surface area contributed by atoms with Gasteiger partial charge in [-0.2, -0.15) is 0 Å². The van der Waals surface area contributed by atoms with E-state index in [9.17, 15) is 14.7 Å². The molecule has 0 unspecified atom stereocenters. The van der Waals surface area contributed by atoms with Crippen LogP contribution in [-0.4, -0.2) is 39.4 Å². The molecule has 29 heavy (non-hydrogen) atoms. The molecule has 0 aliphatic rings. The summed E-state index contributed by atoms with van der Waals surface area (Å²) in [5, 5.41) is 13.5. The molecular formula is C20H18ClN5O3. The van der Waals surface area contributed by atoms with Crippen molar-refractivity contribution >= 4 is 46.1 Å². The number of carbonyl (C=O) groups is 2. The summed E-state index contributed by atoms with van der Waals surface area (Å²) in [6, 6.07) is 14.2. The fourth-order valence-corrected chi connectivity index (χ4v) is 2.96. The van der Waals surface area contributed by atoms with E-state index < -0.39 is 18.4 Å². The predicted octanol–water partition coefficient (Wildman–Crippen LogP) is 2.84. The normalized spacial score (nSPS) is 11.3. The molecular weight excluding hydrogens is 394 g/mol. The largest absolute Gasteiger partial charge is 0.480 e. The number of nitrogens with one attached hydrogen (secondary N) is 1. The first-order chi connectivity index (χ1) is 14.0. The summed E-state index contributed by atoms with van der Waals surface area (Å²) in [4.78, 5) is 29.7. The molecule has 4 N–H and O–H groups in total. The lowest BCUT2D eigenvalue weighted by Gasteiger charge is -2.21. The van der Waals surface area contributed by atoms with Crippen molar-refractivity contribution in [3.05, 3.63) is 72.1 Å². The Hall–Kier alpha value is -3.65. The second kappa shape index (κ2) is 9.03. The summed E-state index contributed by atoms with van der Waals surface area (Å²) in [5.74, 6) is -1.46. The van der Waals surface area contributed by atoms with E-state index in [-0.39, 0.29) is 12.5 Å². The van der Waals surface area contributed by atoms with Gasteiger partial charge in [-0.05, 0) is 17.7 Å². The Bertz CT molecular complexity index is 1070. The molecule has 1 amide bonds. The number of benzene rings is 2. The van der Waals surface area contributed by atoms with Gasteiger partial charge >= 0.3 is 5.97 Å². The summed E-state index contributed by atoms with van der Waals surface area (Å²) in [7, 11) is 0. The molecule has 2 aromatic carbocycles. The van der Waals surface area contributed by atoms with Crippen molar-refractivity contribution in [2.45, 2.75) is 6.54 Å². The van der Waals surface area contributed by atoms with E-state index in [4.69, 9.17) is 17.5 Å². The Morgan fingerprint density at radius 2 is 1.93 bits per heavy atom. The van der Waals surface area contributed by atoms with Crippen molar-refractivity contribution in [3.63, 3.8) is 0 Å². The highest BCUT2D eigenvalue weighted by atomic mass is 35.5. The number of carbonyl (C=O) groups excluding carboxylic acids is 1. The van der Waals surface area contributed by atoms with Gasteiger partial charge in [0.2, 0.25) is 5.96 Å². The van der Waals surface area contributed by atoms with Crippen molar-refractivity contribution in [1.29, 1.82) is 0 Å². The molecule has 1 aromatic heterocycles. The van der Waals surface area contributed by atoms with E-state index in [0.29, 0.717) is 16.6 Å². The number of hydrogen-bond donors (Lipinski definition) is 3. The van der Waals surface area contributed by atoms with Crippen LogP contribution in [0.15, 0.2) is 65.4 Å². The summed E-state index contributed by atoms with van der Waals surface area (Å²) < 4.78 is 3.34. The average Bonchev–Trinajstić information content (AvgIpc) is 2.73. The zero-order valence-electron chi connectivity index (χ0n) is 15.2. The van der Waals surface area contributed by atoms with Crippen LogP contribution in [-0.2, 0) is 11.3 Å². The van der Waals surface area contributed by atoms with E-state index >= 15 is 0 Å². The maximum atomic E-state index is 13.0. The number of halogens is 1. The van der Waals surface area contributed by atoms with Gasteiger partial charge in [0, 0.05) is 40.9 Å². The van der Waals surface area contributed by atoms with Gasteiger partial charge in [0.05, 0.1) is 11.9 Å². The van der Waals surface area contributed by atoms with Crippen LogP contribution in [0, 0.1) is 0 Å². The number of amides is 1. The number of carboxylic acid groups (broad SMARTS) is 1. The van der Waals surface area contributed by atoms with Gasteiger partial charge < -0.3 is 21.1 Å². The second-order valence-corrected chi connectivity index (χ2v) is 6.43. The topological polar surface area (TPSA) is 121 Å². The van der Waals surface area contributed by atoms with Gasteiger partial charge in [-0.3, -0.25) is 14.6 Å². The SMILES string of the molecule is NC(=NCl)Nc1cncc2cc(C(=O)N(CC(=O)O)Cc3ccccc3)ccc12. The zero-order valence-corrected chi connectivity index (χ0v) is 16.0. The third-order valence-electron chi connectivity index (χ3n) is 4.19. The molecule has 1 heterocycles. The number of rotatable bonds is 6. The highest BCUT2D eigenvalue weighted by Crippen LogP contribution is 2.24. The Balaban J connectivity index is 1.92. The van der Waals surface area contributed by atoms with E-state index in [2.05, 4.69) is 14.8 Å². The average molecular weight is 412 g/mol. The molecule has 3 aromatic rings. The number of nitrogens with zero attached hydrogens (tertiary/aromatic N) is 3. The molecule has 0 spiro atoms. The van der Waals surface area contributed by atoms with Gasteiger partial charge in [-0.15, -0.1) is 4.51 Å². The van der Waals surface area contributed by atoms with Crippen molar-refractivity contribution in [3.8, 4) is 0 Å². The summed E-state index contributed by atoms with van der Waals surface area (Å²) in [5.41, 5.74) is 7.37. The molecule has 8 nitrogen and oxygen atoms in total. The summed E-state index contributed by atoms with van der Waals surface area (Å²) in [6.45, 7) is -0.221. The quantitative estimate of drug-likeness (QED) is 0.423. The van der Waals surface area contributed by atoms with E-state index in [1.54, 1.807) is 30.6 Å². The predicted molar refractivity (Wildman–Crippen MR) is 112 cm³/mol. The van der Waals surface area contributed by atoms with E-state index in [1.165, 1.54) is 4.90 Å². The van der Waals surface area contributed by atoms with Crippen LogP contribution in [0.25, 0.3) is 10.8 Å². The number of fused-ring (bicyclic) bond motifs is 1. The fourth-order valence-electron chi connectivity index (χ4n) is 2.92. The van der Waals surface area contributed by atoms with Gasteiger partial charge in [0.15, 0.2) is 0 Å². The smallest absolute Gasteiger partial charge is 0.323 e. The standard InChI is InChI=1S/C20H18ClN5O3/c21-25-20(22)24-17-10-23-9-15-8-14(6-7-16(15)17)19(29)26(12-18(27)28)11-13-4-2-1-3-5-13/h1-10H,11-12H2,(H,27,28)(H3,22,24,25). The van der Waals surface area contributed by atoms with Crippen molar-refractivity contribution in [2.24, 2.45) is 10.2 Å². The van der Waals surface area contributed by atoms with Crippen LogP contribution in [0.4, 0.5) is 5.69 Å². The maximum Gasteiger partial charge on any atom is 0.323 e. The molecule has 0 saturated heterocycles. The molecule has 9 heteroatoms. The van der Waals surface area contributed by atoms with Gasteiger partial charge in [0.1, 0.15) is 6.54 Å². The lowest BCUT2D eigenvalue weighted by Crippen LogP contribution is -2.35. The molecule has 3 rings (SSSR count). The summed E-state index contributed by atoms with van der Waals surface area (Å²) >= 11 is 5.34. The number of pyridine rings is 1. The molecule has 0 bridgehead atoms. The van der Waals surface area contributed by atoms with Gasteiger partial charge in [0.25, 0.3) is 5.91 Å². The number of guanidine groups is 1. The highest BCUT2D eigenvalue weighted by molar-refractivity contribution is 6.21.